The fraction of sp³-hybridized carbons (Fsp3) is 0.926. The van der Waals surface area contributed by atoms with Crippen LogP contribution in [0.2, 0.25) is 0 Å². The molecule has 14 rings (SSSR count). The van der Waals surface area contributed by atoms with Gasteiger partial charge in [-0.2, -0.15) is 0 Å². The van der Waals surface area contributed by atoms with Crippen LogP contribution in [0, 0.1) is 69.0 Å². The van der Waals surface area contributed by atoms with E-state index in [9.17, 15) is 29.1 Å². The lowest BCUT2D eigenvalue weighted by Gasteiger charge is -2.60. The molecule has 14 heteroatoms. The minimum absolute atomic E-state index is 0. The minimum Gasteiger partial charge on any atom is -0.459 e. The van der Waals surface area contributed by atoms with Crippen LogP contribution in [0.3, 0.4) is 0 Å². The number of esters is 5. The van der Waals surface area contributed by atoms with Crippen LogP contribution >= 0.6 is 0 Å². The summed E-state index contributed by atoms with van der Waals surface area (Å²) in [5, 5.41) is 10.6. The first-order valence-electron chi connectivity index (χ1n) is 29.4. The van der Waals surface area contributed by atoms with Crippen molar-refractivity contribution in [3.8, 4) is 0 Å². The predicted octanol–water partition coefficient (Wildman–Crippen LogP) is 15.3. The second kappa shape index (κ2) is 27.9. The molecule has 8 aliphatic carbocycles. The Morgan fingerprint density at radius 2 is 0.927 bits per heavy atom. The van der Waals surface area contributed by atoms with E-state index in [0.717, 1.165) is 76.2 Å². The summed E-state index contributed by atoms with van der Waals surface area (Å²) in [5.41, 5.74) is -2.72. The van der Waals surface area contributed by atoms with Gasteiger partial charge in [-0.1, -0.05) is 94.0 Å². The van der Waals surface area contributed by atoms with Crippen LogP contribution < -0.4 is 0 Å². The first-order valence-corrected chi connectivity index (χ1v) is 29.4. The number of aliphatic hydroxyl groups is 1. The van der Waals surface area contributed by atoms with Gasteiger partial charge in [-0.25, -0.2) is 0 Å². The Morgan fingerprint density at radius 1 is 0.512 bits per heavy atom. The summed E-state index contributed by atoms with van der Waals surface area (Å²) in [4.78, 5) is 60.7. The lowest BCUT2D eigenvalue weighted by molar-refractivity contribution is -0.225. The SMILES string of the molecule is C.C.C.C.C.C.C.C.CCC(C)(C)C(=O)OC1(CC)C2CC3CC(C2)CC1C3.CCC(C)(C)C(=O)OC12CC3CC(CC(O)(C3)C1)C2.CCC(C)(C)C(=O)OC1C2CC3C(=O)OC1C3O2.CCC(C)(C)C(=O)OC1C2CC3COC1C3O2. The number of carbonyl (C=O) groups excluding carboxylic acids is 5. The summed E-state index contributed by atoms with van der Waals surface area (Å²) >= 11 is 0. The highest BCUT2D eigenvalue weighted by Crippen LogP contribution is 2.62. The van der Waals surface area contributed by atoms with Crippen LogP contribution in [0.15, 0.2) is 0 Å². The molecule has 14 aliphatic rings. The molecule has 482 valence electrons. The van der Waals surface area contributed by atoms with Crippen molar-refractivity contribution in [1.82, 2.24) is 0 Å². The van der Waals surface area contributed by atoms with Crippen LogP contribution in [-0.2, 0) is 61.9 Å². The number of fused-ring (bicyclic) bond motifs is 2. The van der Waals surface area contributed by atoms with Crippen molar-refractivity contribution in [2.75, 3.05) is 6.61 Å². The summed E-state index contributed by atoms with van der Waals surface area (Å²) in [7, 11) is 0. The number of rotatable bonds is 13. The second-order valence-electron chi connectivity index (χ2n) is 28.3. The maximum Gasteiger partial charge on any atom is 0.312 e. The van der Waals surface area contributed by atoms with E-state index in [1.807, 2.05) is 76.2 Å². The van der Waals surface area contributed by atoms with E-state index in [1.54, 1.807) is 0 Å². The normalized spacial score (nSPS) is 38.7. The molecule has 6 aliphatic heterocycles. The van der Waals surface area contributed by atoms with E-state index in [4.69, 9.17) is 37.9 Å². The van der Waals surface area contributed by atoms with Crippen LogP contribution in [0.1, 0.15) is 265 Å². The van der Waals surface area contributed by atoms with Gasteiger partial charge in [0.05, 0.1) is 58.1 Å². The van der Waals surface area contributed by atoms with Crippen molar-refractivity contribution in [2.24, 2.45) is 69.0 Å². The van der Waals surface area contributed by atoms with Gasteiger partial charge < -0.3 is 43.0 Å². The Labute approximate surface area is 501 Å². The summed E-state index contributed by atoms with van der Waals surface area (Å²) in [6.45, 7) is 26.5. The van der Waals surface area contributed by atoms with Gasteiger partial charge in [0.1, 0.15) is 23.4 Å². The molecule has 0 spiro atoms. The average molecular weight is 1170 g/mol. The molecule has 0 aromatic rings. The highest BCUT2D eigenvalue weighted by molar-refractivity contribution is 5.79. The minimum atomic E-state index is -0.555. The van der Waals surface area contributed by atoms with E-state index in [1.165, 1.54) is 38.5 Å². The van der Waals surface area contributed by atoms with Gasteiger partial charge in [0.15, 0.2) is 18.3 Å². The molecule has 12 atom stereocenters. The standard InChI is InChI=1S/C18H30O2.C16H26O3.C13H18O5.C13H20O4.8CH4/c1-5-17(3,4)16(19)20-18(6-2)14-8-12-7-13(10-14)11-15(18)9-12;1-4-14(2,3)13(17)19-16-8-11-5-12(9-16)7-15(18,6-11)10-16;1-4-13(2,3)12(15)18-9-7-5-6-8(16-7)10(9)17-11(6)14;1-4-13(2,3)12(14)17-10-8-5-7-6-15-11(10)9(7)16-8;;;;;;;;/h12-15H,5-11H2,1-4H3;11-12,18H,4-10H2,1-3H3;6-10H,4-5H2,1-3H3;7-11H,4-6H2,1-3H3;8*1H4. The Morgan fingerprint density at radius 3 is 1.38 bits per heavy atom. The first kappa shape index (κ1) is 77.2. The number of hydrogen-bond acceptors (Lipinski definition) is 14. The molecular weight excluding hydrogens is 1040 g/mol. The lowest BCUT2D eigenvalue weighted by atomic mass is 9.49. The van der Waals surface area contributed by atoms with Gasteiger partial charge in [0.2, 0.25) is 0 Å². The Bertz CT molecular complexity index is 2080. The van der Waals surface area contributed by atoms with Crippen molar-refractivity contribution in [1.29, 1.82) is 0 Å². The summed E-state index contributed by atoms with van der Waals surface area (Å²) < 4.78 is 45.9. The molecule has 14 fully saturated rings. The molecule has 1 N–H and O–H groups in total. The Hall–Kier alpha value is -2.81. The molecule has 0 radical (unpaired) electrons. The fourth-order valence-electron chi connectivity index (χ4n) is 15.7. The quantitative estimate of drug-likeness (QED) is 0.136. The molecule has 82 heavy (non-hydrogen) atoms. The van der Waals surface area contributed by atoms with Crippen molar-refractivity contribution < 1.29 is 67.0 Å². The van der Waals surface area contributed by atoms with Gasteiger partial charge in [-0.05, 0) is 200 Å². The first-order chi connectivity index (χ1) is 34.6. The molecule has 12 bridgehead atoms. The number of hydrogen-bond donors (Lipinski definition) is 1. The van der Waals surface area contributed by atoms with Crippen LogP contribution in [0.25, 0.3) is 0 Å². The van der Waals surface area contributed by atoms with E-state index < -0.39 is 34.1 Å². The number of carbonyl (C=O) groups is 5. The third-order valence-electron chi connectivity index (χ3n) is 21.5. The lowest BCUT2D eigenvalue weighted by Crippen LogP contribution is -2.61. The van der Waals surface area contributed by atoms with Gasteiger partial charge in [0.25, 0.3) is 0 Å². The maximum absolute atomic E-state index is 12.6. The van der Waals surface area contributed by atoms with E-state index >= 15 is 0 Å². The number of ether oxygens (including phenoxy) is 8. The molecule has 8 saturated carbocycles. The monoisotopic (exact) mass is 1170 g/mol. The third-order valence-corrected chi connectivity index (χ3v) is 21.5. The van der Waals surface area contributed by atoms with Crippen molar-refractivity contribution in [3.05, 3.63) is 0 Å². The van der Waals surface area contributed by atoms with Gasteiger partial charge in [0, 0.05) is 12.3 Å². The molecule has 14 nitrogen and oxygen atoms in total. The fourth-order valence-corrected chi connectivity index (χ4v) is 15.7. The van der Waals surface area contributed by atoms with Crippen molar-refractivity contribution >= 4 is 29.8 Å². The van der Waals surface area contributed by atoms with Gasteiger partial charge >= 0.3 is 29.8 Å². The highest BCUT2D eigenvalue weighted by atomic mass is 16.7. The highest BCUT2D eigenvalue weighted by Gasteiger charge is 2.66. The third kappa shape index (κ3) is 14.3. The zero-order chi connectivity index (χ0) is 53.7. The average Bonchev–Trinajstić information content (AvgIpc) is 4.32. The second-order valence-corrected chi connectivity index (χ2v) is 28.3. The predicted molar refractivity (Wildman–Crippen MR) is 328 cm³/mol. The van der Waals surface area contributed by atoms with Gasteiger partial charge in [-0.15, -0.1) is 0 Å². The Kier molecular flexibility index (Phi) is 26.3. The zero-order valence-corrected chi connectivity index (χ0v) is 47.4. The molecule has 0 amide bonds. The topological polar surface area (TPSA) is 179 Å². The van der Waals surface area contributed by atoms with Crippen molar-refractivity contribution in [2.45, 2.75) is 331 Å². The summed E-state index contributed by atoms with van der Waals surface area (Å²) in [6.07, 6.45) is 16.9. The smallest absolute Gasteiger partial charge is 0.312 e. The molecule has 0 aromatic heterocycles. The van der Waals surface area contributed by atoms with Crippen LogP contribution in [0.4, 0.5) is 0 Å². The van der Waals surface area contributed by atoms with E-state index in [-0.39, 0.29) is 148 Å². The molecule has 0 aromatic carbocycles. The van der Waals surface area contributed by atoms with Crippen LogP contribution in [0.5, 0.6) is 0 Å². The van der Waals surface area contributed by atoms with E-state index in [0.29, 0.717) is 48.9 Å². The molecular formula is C68H126O14. The maximum atomic E-state index is 12.6. The molecule has 12 unspecified atom stereocenters. The van der Waals surface area contributed by atoms with Crippen molar-refractivity contribution in [3.63, 3.8) is 0 Å². The summed E-state index contributed by atoms with van der Waals surface area (Å²) in [6, 6.07) is 0. The molecule has 6 heterocycles. The van der Waals surface area contributed by atoms with E-state index in [2.05, 4.69) is 13.8 Å². The zero-order valence-electron chi connectivity index (χ0n) is 47.4. The Balaban J connectivity index is 0.000000530. The van der Waals surface area contributed by atoms with Gasteiger partial charge in [-0.3, -0.25) is 24.0 Å². The van der Waals surface area contributed by atoms with Crippen LogP contribution in [-0.4, -0.2) is 107 Å². The summed E-state index contributed by atoms with van der Waals surface area (Å²) in [5.74, 6) is 4.00. The molecule has 6 saturated heterocycles. The largest absolute Gasteiger partial charge is 0.459 e.